The molecule has 10 nitrogen and oxygen atoms in total. The van der Waals surface area contributed by atoms with Gasteiger partial charge in [0.15, 0.2) is 16.7 Å². The molecule has 3 heterocycles. The predicted molar refractivity (Wildman–Crippen MR) is 133 cm³/mol. The van der Waals surface area contributed by atoms with Crippen molar-refractivity contribution in [2.75, 3.05) is 22.9 Å². The van der Waals surface area contributed by atoms with Gasteiger partial charge in [-0.1, -0.05) is 24.8 Å². The molecule has 12 heteroatoms. The Morgan fingerprint density at radius 1 is 1.25 bits per heavy atom. The minimum atomic E-state index is -2.21. The highest BCUT2D eigenvalue weighted by atomic mass is 32.2. The topological polar surface area (TPSA) is 147 Å². The molecule has 0 radical (unpaired) electrons. The lowest BCUT2D eigenvalue weighted by atomic mass is 9.97. The molecule has 5 rings (SSSR count). The van der Waals surface area contributed by atoms with E-state index in [4.69, 9.17) is 10.8 Å². The van der Waals surface area contributed by atoms with Crippen LogP contribution in [0.3, 0.4) is 0 Å². The van der Waals surface area contributed by atoms with E-state index in [0.29, 0.717) is 28.7 Å². The number of aromatic hydroxyl groups is 1. The first kappa shape index (κ1) is 23.6. The Labute approximate surface area is 207 Å². The molecule has 0 aliphatic carbocycles. The summed E-state index contributed by atoms with van der Waals surface area (Å²) in [7, 11) is 0. The minimum absolute atomic E-state index is 0.000829. The lowest BCUT2D eigenvalue weighted by molar-refractivity contribution is -0.115. The number of hydrogen-bond donors (Lipinski definition) is 3. The molecule has 36 heavy (non-hydrogen) atoms. The maximum absolute atomic E-state index is 14.1. The highest BCUT2D eigenvalue weighted by Crippen LogP contribution is 2.37. The number of nitrogen functional groups attached to an aromatic ring is 1. The van der Waals surface area contributed by atoms with Gasteiger partial charge >= 0.3 is 0 Å². The number of rotatable bonds is 5. The van der Waals surface area contributed by atoms with Gasteiger partial charge in [0, 0.05) is 29.4 Å². The molecule has 184 valence electrons. The first-order valence-electron chi connectivity index (χ1n) is 10.9. The van der Waals surface area contributed by atoms with Crippen molar-refractivity contribution in [3.05, 3.63) is 72.3 Å². The quantitative estimate of drug-likeness (QED) is 0.275. The summed E-state index contributed by atoms with van der Waals surface area (Å²) in [5.74, 6) is -1.63. The van der Waals surface area contributed by atoms with Crippen molar-refractivity contribution >= 4 is 39.5 Å². The van der Waals surface area contributed by atoms with Crippen LogP contribution >= 0.6 is 0 Å². The number of nitrogens with zero attached hydrogens (tertiary/aromatic N) is 5. The molecule has 2 aromatic carbocycles. The van der Waals surface area contributed by atoms with Crippen LogP contribution < -0.4 is 10.6 Å². The Balaban J connectivity index is 1.63. The monoisotopic (exact) mass is 508 g/mol. The average Bonchev–Trinajstić information content (AvgIpc) is 3.23. The smallest absolute Gasteiger partial charge is 0.254 e. The minimum Gasteiger partial charge on any atom is -0.508 e. The molecule has 4 N–H and O–H groups in total. The predicted octanol–water partition coefficient (Wildman–Crippen LogP) is 2.83. The molecule has 0 saturated carbocycles. The number of aromatic nitrogens is 4. The van der Waals surface area contributed by atoms with E-state index in [1.54, 1.807) is 16.8 Å². The van der Waals surface area contributed by atoms with E-state index < -0.39 is 28.8 Å². The van der Waals surface area contributed by atoms with Crippen LogP contribution in [0, 0.1) is 5.82 Å². The van der Waals surface area contributed by atoms with Crippen LogP contribution in [0.25, 0.3) is 22.3 Å². The van der Waals surface area contributed by atoms with Crippen molar-refractivity contribution in [1.82, 2.24) is 19.7 Å². The van der Waals surface area contributed by atoms with Crippen LogP contribution in [0.1, 0.15) is 11.6 Å². The number of para-hydroxylation sites is 1. The number of anilines is 2. The molecule has 0 bridgehead atoms. The van der Waals surface area contributed by atoms with Crippen LogP contribution in [0.15, 0.2) is 60.9 Å². The molecule has 0 fully saturated rings. The molecule has 0 spiro atoms. The molecule has 1 amide bonds. The molecule has 2 aromatic heterocycles. The standard InChI is InChI=1S/C24H21FN6O4S/c1-13(11-36(34)35)24(33)30-10-17(7-14-4-2-3-5-19(14)30)31-23-20(22(26)27-12-28-23)21(29-31)15-6-16(25)9-18(32)8-15/h2-6,8-9,12,17,32H,1,7,10-11H2,(H,34,35)(H2,26,27,28). The second-order valence-electron chi connectivity index (χ2n) is 8.42. The van der Waals surface area contributed by atoms with Gasteiger partial charge in [0.25, 0.3) is 5.91 Å². The van der Waals surface area contributed by atoms with Crippen molar-refractivity contribution in [1.29, 1.82) is 0 Å². The number of carbonyl (C=O) groups is 1. The highest BCUT2D eigenvalue weighted by molar-refractivity contribution is 7.79. The summed E-state index contributed by atoms with van der Waals surface area (Å²) in [6.07, 6.45) is 1.79. The van der Waals surface area contributed by atoms with Crippen LogP contribution in [0.5, 0.6) is 5.75 Å². The number of carbonyl (C=O) groups excluding carboxylic acids is 1. The van der Waals surface area contributed by atoms with E-state index in [1.807, 2.05) is 12.1 Å². The number of phenolic OH excluding ortho intramolecular Hbond substituents is 1. The van der Waals surface area contributed by atoms with Crippen LogP contribution in [0.4, 0.5) is 15.9 Å². The summed E-state index contributed by atoms with van der Waals surface area (Å²) in [5, 5.41) is 15.0. The van der Waals surface area contributed by atoms with Gasteiger partial charge in [-0.3, -0.25) is 4.79 Å². The van der Waals surface area contributed by atoms with Gasteiger partial charge in [0.05, 0.1) is 17.2 Å². The highest BCUT2D eigenvalue weighted by Gasteiger charge is 2.33. The normalized spacial score (nSPS) is 16.1. The SMILES string of the molecule is C=C(CS(=O)O)C(=O)N1CC(n2nc(-c3cc(O)cc(F)c3)c3c(N)ncnc32)Cc2ccccc21. The molecule has 2 unspecified atom stereocenters. The number of hydrogen-bond acceptors (Lipinski definition) is 7. The van der Waals surface area contributed by atoms with Crippen LogP contribution in [-0.4, -0.2) is 51.8 Å². The molecule has 1 aliphatic heterocycles. The summed E-state index contributed by atoms with van der Waals surface area (Å²) in [6.45, 7) is 3.87. The largest absolute Gasteiger partial charge is 0.508 e. The fourth-order valence-corrected chi connectivity index (χ4v) is 4.92. The number of amides is 1. The third kappa shape index (κ3) is 4.20. The Hall–Kier alpha value is -4.16. The average molecular weight is 509 g/mol. The van der Waals surface area contributed by atoms with Crippen molar-refractivity contribution in [3.63, 3.8) is 0 Å². The van der Waals surface area contributed by atoms with E-state index in [1.165, 1.54) is 23.4 Å². The fourth-order valence-electron chi connectivity index (χ4n) is 4.49. The third-order valence-electron chi connectivity index (χ3n) is 6.00. The van der Waals surface area contributed by atoms with E-state index in [2.05, 4.69) is 16.5 Å². The van der Waals surface area contributed by atoms with E-state index in [-0.39, 0.29) is 35.1 Å². The summed E-state index contributed by atoms with van der Waals surface area (Å²) < 4.78 is 36.2. The number of nitrogens with two attached hydrogens (primary N) is 1. The van der Waals surface area contributed by atoms with Crippen molar-refractivity contribution in [3.8, 4) is 17.0 Å². The Morgan fingerprint density at radius 3 is 2.78 bits per heavy atom. The lowest BCUT2D eigenvalue weighted by Crippen LogP contribution is -2.42. The van der Waals surface area contributed by atoms with Gasteiger partial charge in [0.1, 0.15) is 29.4 Å². The first-order valence-corrected chi connectivity index (χ1v) is 12.1. The molecule has 2 atom stereocenters. The number of benzene rings is 2. The maximum atomic E-state index is 14.1. The van der Waals surface area contributed by atoms with Gasteiger partial charge in [-0.2, -0.15) is 5.10 Å². The third-order valence-corrected chi connectivity index (χ3v) is 6.59. The molecule has 4 aromatic rings. The van der Waals surface area contributed by atoms with Crippen LogP contribution in [0.2, 0.25) is 0 Å². The van der Waals surface area contributed by atoms with Gasteiger partial charge in [-0.25, -0.2) is 23.2 Å². The zero-order valence-electron chi connectivity index (χ0n) is 18.8. The molecular weight excluding hydrogens is 487 g/mol. The summed E-state index contributed by atoms with van der Waals surface area (Å²) in [5.41, 5.74) is 8.65. The number of fused-ring (bicyclic) bond motifs is 2. The van der Waals surface area contributed by atoms with Crippen molar-refractivity contribution in [2.45, 2.75) is 12.5 Å². The Bertz CT molecular complexity index is 1530. The van der Waals surface area contributed by atoms with E-state index >= 15 is 0 Å². The molecular formula is C24H21FN6O4S. The van der Waals surface area contributed by atoms with Crippen molar-refractivity contribution in [2.24, 2.45) is 0 Å². The molecule has 0 saturated heterocycles. The van der Waals surface area contributed by atoms with Gasteiger partial charge in [-0.15, -0.1) is 0 Å². The summed E-state index contributed by atoms with van der Waals surface area (Å²) >= 11 is -2.21. The second-order valence-corrected chi connectivity index (χ2v) is 9.35. The van der Waals surface area contributed by atoms with Gasteiger partial charge in [-0.05, 0) is 30.2 Å². The Morgan fingerprint density at radius 2 is 2.03 bits per heavy atom. The number of phenols is 1. The summed E-state index contributed by atoms with van der Waals surface area (Å²) in [6, 6.07) is 10.5. The lowest BCUT2D eigenvalue weighted by Gasteiger charge is -2.35. The zero-order valence-corrected chi connectivity index (χ0v) is 19.7. The number of halogens is 1. The van der Waals surface area contributed by atoms with Crippen LogP contribution in [-0.2, 0) is 22.3 Å². The van der Waals surface area contributed by atoms with Crippen molar-refractivity contribution < 1.29 is 23.1 Å². The molecule has 1 aliphatic rings. The maximum Gasteiger partial charge on any atom is 0.254 e. The van der Waals surface area contributed by atoms with E-state index in [9.17, 15) is 23.1 Å². The van der Waals surface area contributed by atoms with E-state index in [0.717, 1.165) is 11.6 Å². The fraction of sp³-hybridized carbons (Fsp3) is 0.167. The second kappa shape index (κ2) is 9.13. The summed E-state index contributed by atoms with van der Waals surface area (Å²) in [4.78, 5) is 23.2. The van der Waals surface area contributed by atoms with Gasteiger partial charge in [0.2, 0.25) is 0 Å². The van der Waals surface area contributed by atoms with Gasteiger partial charge < -0.3 is 20.3 Å². The first-order chi connectivity index (χ1) is 17.2. The Kier molecular flexibility index (Phi) is 5.98. The zero-order chi connectivity index (χ0) is 25.6.